The average molecular weight is 509 g/mol. The Hall–Kier alpha value is -3.86. The molecule has 0 atom stereocenters. The summed E-state index contributed by atoms with van der Waals surface area (Å²) in [5.41, 5.74) is -6.00. The van der Waals surface area contributed by atoms with Gasteiger partial charge in [0.15, 0.2) is 17.3 Å². The molecule has 2 aromatic heterocycles. The second kappa shape index (κ2) is 8.82. The lowest BCUT2D eigenvalue weighted by Crippen LogP contribution is -2.37. The number of hydrogen-bond acceptors (Lipinski definition) is 5. The van der Waals surface area contributed by atoms with Gasteiger partial charge in [-0.3, -0.25) is 14.2 Å². The Kier molecular flexibility index (Phi) is 6.43. The fraction of sp³-hybridized carbons (Fsp3) is 0.158. The van der Waals surface area contributed by atoms with E-state index in [-0.39, 0.29) is 11.3 Å². The highest BCUT2D eigenvalue weighted by Crippen LogP contribution is 2.46. The Balaban J connectivity index is 2.24. The molecule has 0 unspecified atom stereocenters. The molecule has 0 aliphatic rings. The standard InChI is InChI=1S/C19H8ClF7N4O3/c20-10-1-8(4-28)13(22)12(3-10)34-14-15(18(23,24)19(25,26)27)30-7-31(17(14)33)6-9-2-11(21)5-29-16(9)32/h1-3,5,7H,6H2,(H,29,32). The number of nitrogens with zero attached hydrogens (tertiary/aromatic N) is 3. The molecule has 15 heteroatoms. The maximum absolute atomic E-state index is 14.4. The van der Waals surface area contributed by atoms with E-state index in [1.54, 1.807) is 0 Å². The van der Waals surface area contributed by atoms with Gasteiger partial charge in [-0.2, -0.15) is 27.2 Å². The highest BCUT2D eigenvalue weighted by Gasteiger charge is 2.62. The maximum atomic E-state index is 14.4. The molecule has 0 aliphatic heterocycles. The molecule has 1 aromatic carbocycles. The Morgan fingerprint density at radius 1 is 1.15 bits per heavy atom. The number of ether oxygens (including phenoxy) is 1. The van der Waals surface area contributed by atoms with Crippen molar-refractivity contribution in [1.29, 1.82) is 5.26 Å². The smallest absolute Gasteiger partial charge is 0.446 e. The van der Waals surface area contributed by atoms with E-state index in [0.717, 1.165) is 6.07 Å². The third-order valence-electron chi connectivity index (χ3n) is 4.27. The number of aromatic nitrogens is 3. The summed E-state index contributed by atoms with van der Waals surface area (Å²) in [7, 11) is 0. The number of nitrogens with one attached hydrogen (secondary N) is 1. The molecule has 3 rings (SSSR count). The minimum Gasteiger partial charge on any atom is -0.446 e. The molecule has 0 spiro atoms. The predicted octanol–water partition coefficient (Wildman–Crippen LogP) is 4.23. The largest absolute Gasteiger partial charge is 0.459 e. The zero-order valence-corrected chi connectivity index (χ0v) is 16.9. The molecule has 34 heavy (non-hydrogen) atoms. The van der Waals surface area contributed by atoms with Crippen LogP contribution < -0.4 is 15.9 Å². The molecule has 0 fully saturated rings. The van der Waals surface area contributed by atoms with Crippen LogP contribution >= 0.6 is 11.6 Å². The predicted molar refractivity (Wildman–Crippen MR) is 101 cm³/mol. The average Bonchev–Trinajstić information content (AvgIpc) is 2.74. The molecule has 7 nitrogen and oxygen atoms in total. The molecular weight excluding hydrogens is 501 g/mol. The molecule has 178 valence electrons. The van der Waals surface area contributed by atoms with Crippen LogP contribution in [-0.4, -0.2) is 20.7 Å². The lowest BCUT2D eigenvalue weighted by molar-refractivity contribution is -0.291. The lowest BCUT2D eigenvalue weighted by atomic mass is 10.2. The van der Waals surface area contributed by atoms with Crippen LogP contribution in [0.4, 0.5) is 30.7 Å². The molecule has 0 aliphatic carbocycles. The van der Waals surface area contributed by atoms with E-state index in [1.807, 2.05) is 4.98 Å². The molecule has 0 saturated carbocycles. The fourth-order valence-electron chi connectivity index (χ4n) is 2.66. The zero-order chi connectivity index (χ0) is 25.4. The van der Waals surface area contributed by atoms with E-state index >= 15 is 0 Å². The monoisotopic (exact) mass is 508 g/mol. The summed E-state index contributed by atoms with van der Waals surface area (Å²) in [6.07, 6.45) is -5.30. The Bertz CT molecular complexity index is 1430. The highest BCUT2D eigenvalue weighted by atomic mass is 35.5. The van der Waals surface area contributed by atoms with E-state index < -0.39 is 69.7 Å². The molecule has 1 N–H and O–H groups in total. The van der Waals surface area contributed by atoms with Crippen molar-refractivity contribution in [3.05, 3.63) is 84.9 Å². The second-order valence-corrected chi connectivity index (χ2v) is 7.02. The SMILES string of the molecule is N#Cc1cc(Cl)cc(Oc2c(C(F)(F)C(F)(F)F)ncn(Cc3cc(F)c[nH]c3=O)c2=O)c1F. The fourth-order valence-corrected chi connectivity index (χ4v) is 2.87. The third kappa shape index (κ3) is 4.60. The number of hydrogen-bond donors (Lipinski definition) is 1. The molecule has 3 aromatic rings. The number of H-pyrrole nitrogens is 1. The van der Waals surface area contributed by atoms with Crippen molar-refractivity contribution in [2.75, 3.05) is 0 Å². The van der Waals surface area contributed by atoms with Gasteiger partial charge < -0.3 is 9.72 Å². The minimum atomic E-state index is -6.23. The van der Waals surface area contributed by atoms with Gasteiger partial charge in [0, 0.05) is 22.8 Å². The van der Waals surface area contributed by atoms with E-state index in [0.29, 0.717) is 22.9 Å². The van der Waals surface area contributed by atoms with E-state index in [9.17, 15) is 40.3 Å². The molecular formula is C19H8ClF7N4O3. The zero-order valence-electron chi connectivity index (χ0n) is 16.2. The van der Waals surface area contributed by atoms with Gasteiger partial charge in [-0.05, 0) is 12.1 Å². The topological polar surface area (TPSA) is 101 Å². The van der Waals surface area contributed by atoms with Crippen LogP contribution in [0.15, 0.2) is 40.3 Å². The van der Waals surface area contributed by atoms with Crippen LogP contribution in [0.25, 0.3) is 0 Å². The highest BCUT2D eigenvalue weighted by molar-refractivity contribution is 6.30. The molecule has 2 heterocycles. The van der Waals surface area contributed by atoms with Crippen molar-refractivity contribution in [2.24, 2.45) is 0 Å². The first kappa shape index (κ1) is 24.8. The van der Waals surface area contributed by atoms with Crippen molar-refractivity contribution >= 4 is 11.6 Å². The van der Waals surface area contributed by atoms with Gasteiger partial charge in [0.25, 0.3) is 11.1 Å². The van der Waals surface area contributed by atoms with E-state index in [4.69, 9.17) is 21.6 Å². The van der Waals surface area contributed by atoms with Crippen LogP contribution in [0.2, 0.25) is 5.02 Å². The van der Waals surface area contributed by atoms with Crippen molar-refractivity contribution < 1.29 is 35.5 Å². The van der Waals surface area contributed by atoms with Gasteiger partial charge >= 0.3 is 12.1 Å². The van der Waals surface area contributed by atoms with Gasteiger partial charge in [0.2, 0.25) is 5.75 Å². The molecule has 0 saturated heterocycles. The van der Waals surface area contributed by atoms with Crippen molar-refractivity contribution in [1.82, 2.24) is 14.5 Å². The number of nitriles is 1. The van der Waals surface area contributed by atoms with Crippen LogP contribution in [-0.2, 0) is 12.5 Å². The van der Waals surface area contributed by atoms with Crippen molar-refractivity contribution in [3.8, 4) is 17.6 Å². The van der Waals surface area contributed by atoms with Crippen LogP contribution in [0.1, 0.15) is 16.8 Å². The first-order valence-electron chi connectivity index (χ1n) is 8.74. The summed E-state index contributed by atoms with van der Waals surface area (Å²) in [6, 6.07) is 3.48. The summed E-state index contributed by atoms with van der Waals surface area (Å²) in [5.74, 6) is -11.1. The third-order valence-corrected chi connectivity index (χ3v) is 4.49. The first-order chi connectivity index (χ1) is 15.8. The number of halogens is 8. The Labute approximate surface area is 188 Å². The molecule has 0 amide bonds. The van der Waals surface area contributed by atoms with Gasteiger partial charge in [-0.15, -0.1) is 0 Å². The van der Waals surface area contributed by atoms with Gasteiger partial charge in [0.05, 0.1) is 18.4 Å². The summed E-state index contributed by atoms with van der Waals surface area (Å²) in [6.45, 7) is -0.825. The number of rotatable bonds is 5. The number of benzene rings is 1. The van der Waals surface area contributed by atoms with Gasteiger partial charge in [-0.25, -0.2) is 13.8 Å². The van der Waals surface area contributed by atoms with Gasteiger partial charge in [-0.1, -0.05) is 11.6 Å². The van der Waals surface area contributed by atoms with Crippen LogP contribution in [0.5, 0.6) is 11.5 Å². The van der Waals surface area contributed by atoms with Gasteiger partial charge in [0.1, 0.15) is 11.9 Å². The Morgan fingerprint density at radius 2 is 1.82 bits per heavy atom. The number of alkyl halides is 5. The first-order valence-corrected chi connectivity index (χ1v) is 9.12. The van der Waals surface area contributed by atoms with E-state index in [1.165, 1.54) is 6.07 Å². The maximum Gasteiger partial charge on any atom is 0.459 e. The minimum absolute atomic E-state index is 0.254. The van der Waals surface area contributed by atoms with Crippen LogP contribution in [0.3, 0.4) is 0 Å². The van der Waals surface area contributed by atoms with Crippen molar-refractivity contribution in [2.45, 2.75) is 18.6 Å². The summed E-state index contributed by atoms with van der Waals surface area (Å²) in [4.78, 5) is 29.6. The normalized spacial score (nSPS) is 11.9. The quantitative estimate of drug-likeness (QED) is 0.520. The summed E-state index contributed by atoms with van der Waals surface area (Å²) < 4.78 is 100. The summed E-state index contributed by atoms with van der Waals surface area (Å²) in [5, 5.41) is 8.55. The number of aromatic amines is 1. The molecule has 0 radical (unpaired) electrons. The Morgan fingerprint density at radius 3 is 2.44 bits per heavy atom. The lowest BCUT2D eigenvalue weighted by Gasteiger charge is -2.21. The van der Waals surface area contributed by atoms with Crippen LogP contribution in [0, 0.1) is 23.0 Å². The van der Waals surface area contributed by atoms with E-state index in [2.05, 4.69) is 4.98 Å². The van der Waals surface area contributed by atoms with Crippen molar-refractivity contribution in [3.63, 3.8) is 0 Å². The summed E-state index contributed by atoms with van der Waals surface area (Å²) >= 11 is 5.68. The molecule has 0 bridgehead atoms. The second-order valence-electron chi connectivity index (χ2n) is 6.58. The number of pyridine rings is 1.